The van der Waals surface area contributed by atoms with Crippen molar-refractivity contribution in [3.05, 3.63) is 96.4 Å². The molecule has 8 heteroatoms. The van der Waals surface area contributed by atoms with Crippen LogP contribution in [0.25, 0.3) is 16.9 Å². The molecule has 2 aromatic carbocycles. The van der Waals surface area contributed by atoms with Gasteiger partial charge in [-0.15, -0.1) is 10.2 Å². The van der Waals surface area contributed by atoms with E-state index >= 15 is 0 Å². The Labute approximate surface area is 202 Å². The number of methoxy groups -OCH3 is 1. The summed E-state index contributed by atoms with van der Waals surface area (Å²) < 4.78 is 13.5. The second-order valence-electron chi connectivity index (χ2n) is 8.47. The van der Waals surface area contributed by atoms with E-state index in [2.05, 4.69) is 32.2 Å². The van der Waals surface area contributed by atoms with Gasteiger partial charge in [0.05, 0.1) is 19.3 Å². The number of hydrogen-bond donors (Lipinski definition) is 0. The zero-order valence-electron chi connectivity index (χ0n) is 19.3. The number of pyridine rings is 1. The molecule has 0 radical (unpaired) electrons. The van der Waals surface area contributed by atoms with Crippen LogP contribution in [0.5, 0.6) is 11.5 Å². The summed E-state index contributed by atoms with van der Waals surface area (Å²) >= 11 is 0. The monoisotopic (exact) mass is 464 g/mol. The zero-order chi connectivity index (χ0) is 23.6. The van der Waals surface area contributed by atoms with Crippen LogP contribution in [-0.2, 0) is 13.0 Å². The van der Waals surface area contributed by atoms with E-state index in [-0.39, 0.29) is 6.10 Å². The van der Waals surface area contributed by atoms with Gasteiger partial charge in [0.2, 0.25) is 0 Å². The topological polar surface area (TPSA) is 77.7 Å². The van der Waals surface area contributed by atoms with Crippen LogP contribution >= 0.6 is 0 Å². The third-order valence-corrected chi connectivity index (χ3v) is 6.11. The third kappa shape index (κ3) is 4.26. The summed E-state index contributed by atoms with van der Waals surface area (Å²) in [7, 11) is 1.67. The lowest BCUT2D eigenvalue weighted by molar-refractivity contribution is 0.188. The molecule has 4 heterocycles. The fourth-order valence-corrected chi connectivity index (χ4v) is 4.38. The van der Waals surface area contributed by atoms with Crippen LogP contribution in [0.1, 0.15) is 11.4 Å². The lowest BCUT2D eigenvalue weighted by atomic mass is 10.1. The summed E-state index contributed by atoms with van der Waals surface area (Å²) in [6, 6.07) is 26.0. The zero-order valence-corrected chi connectivity index (χ0v) is 19.3. The minimum atomic E-state index is -0.125. The Morgan fingerprint density at radius 1 is 0.943 bits per heavy atom. The van der Waals surface area contributed by atoms with Gasteiger partial charge in [-0.25, -0.2) is 4.98 Å². The molecule has 1 unspecified atom stereocenters. The highest BCUT2D eigenvalue weighted by molar-refractivity contribution is 5.60. The molecular formula is C27H24N6O2. The minimum Gasteiger partial charge on any atom is -0.497 e. The molecule has 0 fully saturated rings. The Bertz CT molecular complexity index is 1450. The molecule has 3 aromatic heterocycles. The van der Waals surface area contributed by atoms with Crippen molar-refractivity contribution in [2.45, 2.75) is 19.1 Å². The van der Waals surface area contributed by atoms with Crippen LogP contribution < -0.4 is 14.4 Å². The van der Waals surface area contributed by atoms with Gasteiger partial charge in [-0.3, -0.25) is 0 Å². The quantitative estimate of drug-likeness (QED) is 0.373. The molecule has 35 heavy (non-hydrogen) atoms. The summed E-state index contributed by atoms with van der Waals surface area (Å²) in [5.74, 6) is 3.21. The molecule has 0 spiro atoms. The normalized spacial score (nSPS) is 15.0. The molecule has 8 nitrogen and oxygen atoms in total. The van der Waals surface area contributed by atoms with Crippen molar-refractivity contribution >= 4 is 11.5 Å². The van der Waals surface area contributed by atoms with E-state index in [1.165, 1.54) is 5.56 Å². The van der Waals surface area contributed by atoms with E-state index in [1.54, 1.807) is 13.3 Å². The first-order valence-corrected chi connectivity index (χ1v) is 11.5. The van der Waals surface area contributed by atoms with Crippen LogP contribution in [0.2, 0.25) is 0 Å². The molecule has 0 bridgehead atoms. The number of hydrogen-bond acceptors (Lipinski definition) is 7. The van der Waals surface area contributed by atoms with Crippen molar-refractivity contribution in [1.82, 2.24) is 24.8 Å². The molecule has 1 aliphatic rings. The van der Waals surface area contributed by atoms with Crippen LogP contribution in [-0.4, -0.2) is 44.6 Å². The van der Waals surface area contributed by atoms with E-state index in [1.807, 2.05) is 71.2 Å². The molecule has 0 amide bonds. The van der Waals surface area contributed by atoms with Gasteiger partial charge in [0.15, 0.2) is 23.0 Å². The molecule has 0 N–H and O–H groups in total. The second kappa shape index (κ2) is 9.06. The van der Waals surface area contributed by atoms with Gasteiger partial charge in [0.25, 0.3) is 0 Å². The van der Waals surface area contributed by atoms with E-state index < -0.39 is 0 Å². The molecule has 174 valence electrons. The van der Waals surface area contributed by atoms with Crippen LogP contribution in [0.15, 0.2) is 85.1 Å². The summed E-state index contributed by atoms with van der Waals surface area (Å²) in [5.41, 5.74) is 3.81. The van der Waals surface area contributed by atoms with Gasteiger partial charge in [-0.05, 0) is 42.0 Å². The first-order valence-electron chi connectivity index (χ1n) is 11.5. The van der Waals surface area contributed by atoms with Gasteiger partial charge in [0, 0.05) is 24.7 Å². The predicted octanol–water partition coefficient (Wildman–Crippen LogP) is 4.21. The van der Waals surface area contributed by atoms with Crippen molar-refractivity contribution in [1.29, 1.82) is 0 Å². The van der Waals surface area contributed by atoms with Crippen LogP contribution in [0, 0.1) is 0 Å². The number of fused-ring (bicyclic) bond motifs is 2. The highest BCUT2D eigenvalue weighted by Crippen LogP contribution is 2.33. The summed E-state index contributed by atoms with van der Waals surface area (Å²) in [6.07, 6.45) is 2.24. The third-order valence-electron chi connectivity index (χ3n) is 6.11. The van der Waals surface area contributed by atoms with Crippen molar-refractivity contribution in [3.8, 4) is 22.8 Å². The number of anilines is 1. The highest BCUT2D eigenvalue weighted by atomic mass is 16.5. The molecule has 0 saturated carbocycles. The van der Waals surface area contributed by atoms with E-state index in [9.17, 15) is 0 Å². The maximum atomic E-state index is 6.34. The Balaban J connectivity index is 1.27. The van der Waals surface area contributed by atoms with Gasteiger partial charge in [-0.1, -0.05) is 42.5 Å². The average molecular weight is 465 g/mol. The lowest BCUT2D eigenvalue weighted by Crippen LogP contribution is -2.41. The SMILES string of the molecule is COc1ccc(CN2CC(Cc3nnc4ccc(-c5ccccc5)nn34)Oc3cccnc32)cc1. The molecular weight excluding hydrogens is 440 g/mol. The van der Waals surface area contributed by atoms with Gasteiger partial charge in [0.1, 0.15) is 11.9 Å². The number of ether oxygens (including phenoxy) is 2. The summed E-state index contributed by atoms with van der Waals surface area (Å²) in [4.78, 5) is 6.84. The average Bonchev–Trinajstić information content (AvgIpc) is 3.31. The fourth-order valence-electron chi connectivity index (χ4n) is 4.38. The van der Waals surface area contributed by atoms with Crippen molar-refractivity contribution < 1.29 is 9.47 Å². The summed E-state index contributed by atoms with van der Waals surface area (Å²) in [5, 5.41) is 13.6. The van der Waals surface area contributed by atoms with E-state index in [0.717, 1.165) is 34.4 Å². The maximum absolute atomic E-state index is 6.34. The van der Waals surface area contributed by atoms with Gasteiger partial charge >= 0.3 is 0 Å². The van der Waals surface area contributed by atoms with Crippen molar-refractivity contribution in [3.63, 3.8) is 0 Å². The second-order valence-corrected chi connectivity index (χ2v) is 8.47. The van der Waals surface area contributed by atoms with E-state index in [4.69, 9.17) is 14.6 Å². The first-order chi connectivity index (χ1) is 17.3. The maximum Gasteiger partial charge on any atom is 0.177 e. The minimum absolute atomic E-state index is 0.125. The Morgan fingerprint density at radius 2 is 1.80 bits per heavy atom. The lowest BCUT2D eigenvalue weighted by Gasteiger charge is -2.35. The summed E-state index contributed by atoms with van der Waals surface area (Å²) in [6.45, 7) is 1.38. The van der Waals surface area contributed by atoms with E-state index in [0.29, 0.717) is 25.2 Å². The first kappa shape index (κ1) is 21.1. The van der Waals surface area contributed by atoms with Gasteiger partial charge < -0.3 is 14.4 Å². The molecule has 0 aliphatic carbocycles. The number of rotatable bonds is 6. The fraction of sp³-hybridized carbons (Fsp3) is 0.185. The number of aromatic nitrogens is 5. The van der Waals surface area contributed by atoms with Crippen LogP contribution in [0.4, 0.5) is 5.82 Å². The van der Waals surface area contributed by atoms with Crippen molar-refractivity contribution in [2.75, 3.05) is 18.6 Å². The Morgan fingerprint density at radius 3 is 2.63 bits per heavy atom. The Kier molecular flexibility index (Phi) is 5.46. The Hall–Kier alpha value is -4.46. The highest BCUT2D eigenvalue weighted by Gasteiger charge is 2.28. The van der Waals surface area contributed by atoms with Crippen LogP contribution in [0.3, 0.4) is 0 Å². The number of benzene rings is 2. The van der Waals surface area contributed by atoms with Crippen molar-refractivity contribution in [2.24, 2.45) is 0 Å². The molecule has 1 aliphatic heterocycles. The molecule has 6 rings (SSSR count). The molecule has 0 saturated heterocycles. The smallest absolute Gasteiger partial charge is 0.177 e. The molecule has 5 aromatic rings. The number of nitrogens with zero attached hydrogens (tertiary/aromatic N) is 6. The largest absolute Gasteiger partial charge is 0.497 e. The van der Waals surface area contributed by atoms with Gasteiger partial charge in [-0.2, -0.15) is 9.61 Å². The standard InChI is InChI=1S/C27H24N6O2/c1-34-21-11-9-19(10-12-21)17-32-18-22(35-24-8-5-15-28-27(24)32)16-26-30-29-25-14-13-23(31-33(25)26)20-6-3-2-4-7-20/h2-15,22H,16-18H2,1H3. The predicted molar refractivity (Wildman–Crippen MR) is 133 cm³/mol. The molecule has 1 atom stereocenters.